The molecule has 3 rings (SSSR count). The highest BCUT2D eigenvalue weighted by atomic mass is 32.2. The average Bonchev–Trinajstić information content (AvgIpc) is 2.51. The van der Waals surface area contributed by atoms with E-state index in [1.807, 2.05) is 18.2 Å². The highest BCUT2D eigenvalue weighted by molar-refractivity contribution is 8.00. The van der Waals surface area contributed by atoms with Crippen LogP contribution in [-0.4, -0.2) is 23.0 Å². The normalized spacial score (nSPS) is 15.7. The van der Waals surface area contributed by atoms with E-state index in [-0.39, 0.29) is 11.1 Å². The van der Waals surface area contributed by atoms with Gasteiger partial charge in [-0.2, -0.15) is 0 Å². The van der Waals surface area contributed by atoms with Crippen LogP contribution in [-0.2, 0) is 6.42 Å². The lowest BCUT2D eigenvalue weighted by Gasteiger charge is -2.29. The molecule has 0 N–H and O–H groups in total. The lowest BCUT2D eigenvalue weighted by molar-refractivity contribution is -0.255. The molecule has 0 saturated carbocycles. The first-order valence-electron chi connectivity index (χ1n) is 7.56. The van der Waals surface area contributed by atoms with Gasteiger partial charge in [-0.1, -0.05) is 42.5 Å². The molecule has 0 amide bonds. The number of rotatable bonds is 4. The Balaban J connectivity index is 1.88. The average molecular weight is 324 g/mol. The standard InChI is InChI=1S/C19H19NO2S/c1-19(2)11-13-7-3-4-8-14(13)16(20-19)12-23-17-10-6-5-9-15(17)18(21)22/h3-10H,11-12H2,1-2H3,(H,21,22)/p-1. The van der Waals surface area contributed by atoms with Crippen molar-refractivity contribution in [2.45, 2.75) is 30.7 Å². The maximum atomic E-state index is 11.2. The van der Waals surface area contributed by atoms with Gasteiger partial charge in [-0.15, -0.1) is 11.8 Å². The van der Waals surface area contributed by atoms with Crippen molar-refractivity contribution >= 4 is 23.4 Å². The van der Waals surface area contributed by atoms with Gasteiger partial charge in [0.25, 0.3) is 0 Å². The van der Waals surface area contributed by atoms with Crippen molar-refractivity contribution in [1.82, 2.24) is 0 Å². The molecule has 2 aromatic rings. The molecule has 2 aromatic carbocycles. The van der Waals surface area contributed by atoms with E-state index < -0.39 is 5.97 Å². The summed E-state index contributed by atoms with van der Waals surface area (Å²) >= 11 is 1.49. The third kappa shape index (κ3) is 3.48. The second-order valence-corrected chi connectivity index (χ2v) is 7.29. The third-order valence-electron chi connectivity index (χ3n) is 3.86. The maximum absolute atomic E-state index is 11.2. The number of hydrogen-bond donors (Lipinski definition) is 0. The van der Waals surface area contributed by atoms with E-state index in [2.05, 4.69) is 32.0 Å². The van der Waals surface area contributed by atoms with Gasteiger partial charge >= 0.3 is 0 Å². The first-order valence-corrected chi connectivity index (χ1v) is 8.55. The molecule has 4 heteroatoms. The van der Waals surface area contributed by atoms with Gasteiger partial charge < -0.3 is 9.90 Å². The minimum Gasteiger partial charge on any atom is -0.545 e. The lowest BCUT2D eigenvalue weighted by atomic mass is 9.87. The van der Waals surface area contributed by atoms with Gasteiger partial charge in [0.1, 0.15) is 0 Å². The van der Waals surface area contributed by atoms with E-state index in [1.54, 1.807) is 12.1 Å². The van der Waals surface area contributed by atoms with Crippen LogP contribution in [0.15, 0.2) is 58.4 Å². The summed E-state index contributed by atoms with van der Waals surface area (Å²) in [4.78, 5) is 16.8. The van der Waals surface area contributed by atoms with Crippen LogP contribution in [0.25, 0.3) is 0 Å². The van der Waals surface area contributed by atoms with Gasteiger partial charge in [0.2, 0.25) is 0 Å². The lowest BCUT2D eigenvalue weighted by Crippen LogP contribution is -2.29. The fraction of sp³-hybridized carbons (Fsp3) is 0.263. The summed E-state index contributed by atoms with van der Waals surface area (Å²) in [5, 5.41) is 11.2. The number of carboxylic acid groups (broad SMARTS) is 1. The number of carboxylic acids is 1. The van der Waals surface area contributed by atoms with Crippen LogP contribution in [0.1, 0.15) is 35.3 Å². The van der Waals surface area contributed by atoms with Crippen molar-refractivity contribution in [2.24, 2.45) is 4.99 Å². The molecule has 3 nitrogen and oxygen atoms in total. The number of nitrogens with zero attached hydrogens (tertiary/aromatic N) is 1. The van der Waals surface area contributed by atoms with Gasteiger partial charge in [0, 0.05) is 16.2 Å². The number of aromatic carboxylic acids is 1. The SMILES string of the molecule is CC1(C)Cc2ccccc2C(CSc2ccccc2C(=O)[O-])=N1. The van der Waals surface area contributed by atoms with Crippen LogP contribution in [0.2, 0.25) is 0 Å². The van der Waals surface area contributed by atoms with Crippen LogP contribution >= 0.6 is 11.8 Å². The van der Waals surface area contributed by atoms with Crippen molar-refractivity contribution in [1.29, 1.82) is 0 Å². The topological polar surface area (TPSA) is 52.5 Å². The number of carbonyl (C=O) groups is 1. The van der Waals surface area contributed by atoms with Gasteiger partial charge in [0.15, 0.2) is 0 Å². The molecule has 0 aromatic heterocycles. The molecule has 0 radical (unpaired) electrons. The molecule has 23 heavy (non-hydrogen) atoms. The Morgan fingerprint density at radius 1 is 1.17 bits per heavy atom. The first kappa shape index (κ1) is 15.8. The fourth-order valence-corrected chi connectivity index (χ4v) is 3.90. The molecule has 0 saturated heterocycles. The minimum atomic E-state index is -1.14. The molecule has 1 aliphatic rings. The van der Waals surface area contributed by atoms with Crippen LogP contribution < -0.4 is 5.11 Å². The van der Waals surface area contributed by atoms with E-state index in [0.29, 0.717) is 5.75 Å². The quantitative estimate of drug-likeness (QED) is 0.813. The number of aliphatic imine (C=N–C) groups is 1. The largest absolute Gasteiger partial charge is 0.545 e. The zero-order valence-electron chi connectivity index (χ0n) is 13.2. The third-order valence-corrected chi connectivity index (χ3v) is 4.95. The number of carbonyl (C=O) groups excluding carboxylic acids is 1. The Labute approximate surface area is 140 Å². The van der Waals surface area contributed by atoms with Crippen LogP contribution in [0.4, 0.5) is 0 Å². The Hall–Kier alpha value is -2.07. The molecular weight excluding hydrogens is 306 g/mol. The molecule has 1 heterocycles. The van der Waals surface area contributed by atoms with Crippen LogP contribution in [0, 0.1) is 0 Å². The summed E-state index contributed by atoms with van der Waals surface area (Å²) in [6, 6.07) is 15.3. The van der Waals surface area contributed by atoms with Crippen molar-refractivity contribution in [3.05, 3.63) is 65.2 Å². The Morgan fingerprint density at radius 2 is 1.87 bits per heavy atom. The first-order chi connectivity index (χ1) is 11.0. The van der Waals surface area contributed by atoms with Crippen molar-refractivity contribution < 1.29 is 9.90 Å². The fourth-order valence-electron chi connectivity index (χ4n) is 2.90. The monoisotopic (exact) mass is 324 g/mol. The second kappa shape index (κ2) is 6.20. The van der Waals surface area contributed by atoms with Gasteiger partial charge in [-0.05, 0) is 37.5 Å². The van der Waals surface area contributed by atoms with E-state index in [4.69, 9.17) is 4.99 Å². The summed E-state index contributed by atoms with van der Waals surface area (Å²) in [7, 11) is 0. The molecular formula is C19H18NO2S-. The minimum absolute atomic E-state index is 0.127. The van der Waals surface area contributed by atoms with Crippen molar-refractivity contribution in [2.75, 3.05) is 5.75 Å². The van der Waals surface area contributed by atoms with E-state index in [1.165, 1.54) is 22.9 Å². The summed E-state index contributed by atoms with van der Waals surface area (Å²) < 4.78 is 0. The highest BCUT2D eigenvalue weighted by Crippen LogP contribution is 2.30. The number of benzene rings is 2. The summed E-state index contributed by atoms with van der Waals surface area (Å²) in [6.07, 6.45) is 0.924. The van der Waals surface area contributed by atoms with Crippen LogP contribution in [0.3, 0.4) is 0 Å². The molecule has 1 aliphatic heterocycles. The Bertz CT molecular complexity index is 780. The zero-order valence-corrected chi connectivity index (χ0v) is 14.0. The van der Waals surface area contributed by atoms with Gasteiger partial charge in [0.05, 0.1) is 17.2 Å². The highest BCUT2D eigenvalue weighted by Gasteiger charge is 2.26. The summed E-state index contributed by atoms with van der Waals surface area (Å²) in [6.45, 7) is 4.26. The number of hydrogen-bond acceptors (Lipinski definition) is 4. The molecule has 0 bridgehead atoms. The van der Waals surface area contributed by atoms with Gasteiger partial charge in [-0.25, -0.2) is 0 Å². The predicted molar refractivity (Wildman–Crippen MR) is 92.3 cm³/mol. The molecule has 0 spiro atoms. The van der Waals surface area contributed by atoms with Gasteiger partial charge in [-0.3, -0.25) is 4.99 Å². The van der Waals surface area contributed by atoms with E-state index >= 15 is 0 Å². The molecule has 0 aliphatic carbocycles. The van der Waals surface area contributed by atoms with Crippen molar-refractivity contribution in [3.63, 3.8) is 0 Å². The van der Waals surface area contributed by atoms with Crippen LogP contribution in [0.5, 0.6) is 0 Å². The van der Waals surface area contributed by atoms with E-state index in [9.17, 15) is 9.90 Å². The predicted octanol–water partition coefficient (Wildman–Crippen LogP) is 2.97. The molecule has 0 unspecified atom stereocenters. The van der Waals surface area contributed by atoms with Crippen molar-refractivity contribution in [3.8, 4) is 0 Å². The summed E-state index contributed by atoms with van der Waals surface area (Å²) in [5.74, 6) is -0.496. The smallest absolute Gasteiger partial charge is 0.0726 e. The van der Waals surface area contributed by atoms with E-state index in [0.717, 1.165) is 17.0 Å². The molecule has 118 valence electrons. The number of thioether (sulfide) groups is 1. The molecule has 0 fully saturated rings. The Kier molecular flexibility index (Phi) is 4.26. The second-order valence-electron chi connectivity index (χ2n) is 6.28. The molecule has 0 atom stereocenters. The maximum Gasteiger partial charge on any atom is 0.0726 e. The zero-order chi connectivity index (χ0) is 16.4. The Morgan fingerprint density at radius 3 is 2.65 bits per heavy atom. The number of fused-ring (bicyclic) bond motifs is 1. The summed E-state index contributed by atoms with van der Waals surface area (Å²) in [5.41, 5.74) is 3.61.